The fourth-order valence-corrected chi connectivity index (χ4v) is 2.53. The Morgan fingerprint density at radius 2 is 2.19 bits per heavy atom. The van der Waals surface area contributed by atoms with Crippen LogP contribution in [0.3, 0.4) is 0 Å². The maximum absolute atomic E-state index is 11.2. The topological polar surface area (TPSA) is 76.2 Å². The predicted octanol–water partition coefficient (Wildman–Crippen LogP) is 2.02. The van der Waals surface area contributed by atoms with Gasteiger partial charge in [-0.2, -0.15) is 0 Å². The van der Waals surface area contributed by atoms with E-state index < -0.39 is 5.97 Å². The molecular weight excluding hydrogens is 204 g/mol. The van der Waals surface area contributed by atoms with E-state index in [9.17, 15) is 9.90 Å². The highest BCUT2D eigenvalue weighted by Gasteiger charge is 2.32. The molecule has 1 saturated carbocycles. The molecule has 1 fully saturated rings. The van der Waals surface area contributed by atoms with Gasteiger partial charge in [0.1, 0.15) is 0 Å². The standard InChI is InChI=1S/C12H16N2O2/c13-11-5-6-14-7-10(11)8-3-1-2-4-9(8)12(15)16/h5-9H,1-4H2,(H2,13,14)(H,15,16). The first-order chi connectivity index (χ1) is 7.70. The molecule has 3 N–H and O–H groups in total. The lowest BCUT2D eigenvalue weighted by atomic mass is 9.75. The van der Waals surface area contributed by atoms with Crippen molar-refractivity contribution in [1.82, 2.24) is 4.98 Å². The molecule has 0 radical (unpaired) electrons. The summed E-state index contributed by atoms with van der Waals surface area (Å²) < 4.78 is 0. The second kappa shape index (κ2) is 4.51. The van der Waals surface area contributed by atoms with Crippen LogP contribution in [0.25, 0.3) is 0 Å². The number of aromatic nitrogens is 1. The van der Waals surface area contributed by atoms with E-state index in [-0.39, 0.29) is 11.8 Å². The number of carboxylic acid groups (broad SMARTS) is 1. The Labute approximate surface area is 94.5 Å². The van der Waals surface area contributed by atoms with Gasteiger partial charge in [0, 0.05) is 24.0 Å². The first-order valence-electron chi connectivity index (χ1n) is 5.62. The summed E-state index contributed by atoms with van der Waals surface area (Å²) >= 11 is 0. The molecule has 0 aliphatic heterocycles. The highest BCUT2D eigenvalue weighted by atomic mass is 16.4. The third-order valence-electron chi connectivity index (χ3n) is 3.37. The number of nitrogen functional groups attached to an aromatic ring is 1. The molecule has 86 valence electrons. The second-order valence-electron chi connectivity index (χ2n) is 4.34. The van der Waals surface area contributed by atoms with Gasteiger partial charge in [0.25, 0.3) is 0 Å². The van der Waals surface area contributed by atoms with Crippen molar-refractivity contribution in [3.63, 3.8) is 0 Å². The Morgan fingerprint density at radius 1 is 1.44 bits per heavy atom. The molecule has 0 amide bonds. The number of hydrogen-bond donors (Lipinski definition) is 2. The fraction of sp³-hybridized carbons (Fsp3) is 0.500. The van der Waals surface area contributed by atoms with E-state index in [1.54, 1.807) is 18.5 Å². The second-order valence-corrected chi connectivity index (χ2v) is 4.34. The van der Waals surface area contributed by atoms with Crippen molar-refractivity contribution in [3.8, 4) is 0 Å². The van der Waals surface area contributed by atoms with Gasteiger partial charge in [0.05, 0.1) is 5.92 Å². The van der Waals surface area contributed by atoms with Crippen LogP contribution >= 0.6 is 0 Å². The van der Waals surface area contributed by atoms with Gasteiger partial charge < -0.3 is 10.8 Å². The van der Waals surface area contributed by atoms with E-state index in [2.05, 4.69) is 4.98 Å². The molecule has 16 heavy (non-hydrogen) atoms. The van der Waals surface area contributed by atoms with Gasteiger partial charge in [-0.25, -0.2) is 0 Å². The van der Waals surface area contributed by atoms with Crippen molar-refractivity contribution in [2.24, 2.45) is 5.92 Å². The van der Waals surface area contributed by atoms with E-state index in [1.807, 2.05) is 0 Å². The summed E-state index contributed by atoms with van der Waals surface area (Å²) in [5.74, 6) is -0.992. The Bertz CT molecular complexity index is 392. The Hall–Kier alpha value is -1.58. The van der Waals surface area contributed by atoms with E-state index >= 15 is 0 Å². The summed E-state index contributed by atoms with van der Waals surface area (Å²) in [7, 11) is 0. The highest BCUT2D eigenvalue weighted by molar-refractivity contribution is 5.72. The minimum atomic E-state index is -0.715. The van der Waals surface area contributed by atoms with Crippen molar-refractivity contribution < 1.29 is 9.90 Å². The summed E-state index contributed by atoms with van der Waals surface area (Å²) in [5, 5.41) is 9.20. The fourth-order valence-electron chi connectivity index (χ4n) is 2.53. The van der Waals surface area contributed by atoms with Crippen molar-refractivity contribution >= 4 is 11.7 Å². The molecule has 0 aromatic carbocycles. The molecule has 4 heteroatoms. The Kier molecular flexibility index (Phi) is 3.08. The molecule has 1 aliphatic carbocycles. The number of carboxylic acids is 1. The molecule has 2 unspecified atom stereocenters. The summed E-state index contributed by atoms with van der Waals surface area (Å²) in [6.45, 7) is 0. The van der Waals surface area contributed by atoms with E-state index in [0.29, 0.717) is 5.69 Å². The molecule has 0 saturated heterocycles. The molecule has 2 atom stereocenters. The molecule has 4 nitrogen and oxygen atoms in total. The van der Waals surface area contributed by atoms with Gasteiger partial charge in [0.15, 0.2) is 0 Å². The summed E-state index contributed by atoms with van der Waals surface area (Å²) in [6, 6.07) is 1.74. The maximum atomic E-state index is 11.2. The van der Waals surface area contributed by atoms with Crippen LogP contribution in [0.1, 0.15) is 37.2 Å². The van der Waals surface area contributed by atoms with Crippen LogP contribution in [0.5, 0.6) is 0 Å². The minimum Gasteiger partial charge on any atom is -0.481 e. The number of nitrogens with zero attached hydrogens (tertiary/aromatic N) is 1. The summed E-state index contributed by atoms with van der Waals surface area (Å²) in [4.78, 5) is 15.2. The van der Waals surface area contributed by atoms with Crippen LogP contribution in [0.15, 0.2) is 18.5 Å². The minimum absolute atomic E-state index is 0.0277. The van der Waals surface area contributed by atoms with E-state index in [4.69, 9.17) is 5.73 Å². The van der Waals surface area contributed by atoms with E-state index in [0.717, 1.165) is 31.2 Å². The Morgan fingerprint density at radius 3 is 2.88 bits per heavy atom. The van der Waals surface area contributed by atoms with Crippen LogP contribution in [-0.4, -0.2) is 16.1 Å². The van der Waals surface area contributed by atoms with Crippen molar-refractivity contribution in [2.45, 2.75) is 31.6 Å². The first kappa shape index (κ1) is 10.9. The number of hydrogen-bond acceptors (Lipinski definition) is 3. The summed E-state index contributed by atoms with van der Waals surface area (Å²) in [6.07, 6.45) is 7.05. The van der Waals surface area contributed by atoms with Crippen LogP contribution in [0.2, 0.25) is 0 Å². The molecule has 2 rings (SSSR count). The third-order valence-corrected chi connectivity index (χ3v) is 3.37. The number of carbonyl (C=O) groups is 1. The SMILES string of the molecule is Nc1ccncc1C1CCCCC1C(=O)O. The smallest absolute Gasteiger partial charge is 0.307 e. The average molecular weight is 220 g/mol. The number of rotatable bonds is 2. The third kappa shape index (κ3) is 2.01. The molecule has 1 aliphatic rings. The normalized spacial score (nSPS) is 25.2. The van der Waals surface area contributed by atoms with Crippen LogP contribution in [0, 0.1) is 5.92 Å². The van der Waals surface area contributed by atoms with Crippen molar-refractivity contribution in [3.05, 3.63) is 24.0 Å². The molecular formula is C12H16N2O2. The van der Waals surface area contributed by atoms with Crippen LogP contribution in [-0.2, 0) is 4.79 Å². The number of aliphatic carboxylic acids is 1. The van der Waals surface area contributed by atoms with E-state index in [1.165, 1.54) is 0 Å². The number of nitrogens with two attached hydrogens (primary N) is 1. The quantitative estimate of drug-likeness (QED) is 0.799. The first-order valence-corrected chi connectivity index (χ1v) is 5.62. The zero-order valence-electron chi connectivity index (χ0n) is 9.10. The highest BCUT2D eigenvalue weighted by Crippen LogP contribution is 2.39. The lowest BCUT2D eigenvalue weighted by molar-refractivity contribution is -0.143. The van der Waals surface area contributed by atoms with Gasteiger partial charge in [0.2, 0.25) is 0 Å². The average Bonchev–Trinajstić information content (AvgIpc) is 2.29. The van der Waals surface area contributed by atoms with Crippen molar-refractivity contribution in [2.75, 3.05) is 5.73 Å². The summed E-state index contributed by atoms with van der Waals surface area (Å²) in [5.41, 5.74) is 7.44. The maximum Gasteiger partial charge on any atom is 0.307 e. The largest absolute Gasteiger partial charge is 0.481 e. The van der Waals surface area contributed by atoms with Gasteiger partial charge in [-0.15, -0.1) is 0 Å². The molecule has 1 aromatic rings. The molecule has 1 heterocycles. The van der Waals surface area contributed by atoms with Gasteiger partial charge >= 0.3 is 5.97 Å². The van der Waals surface area contributed by atoms with Crippen LogP contribution in [0.4, 0.5) is 5.69 Å². The van der Waals surface area contributed by atoms with Gasteiger partial charge in [-0.1, -0.05) is 12.8 Å². The number of anilines is 1. The van der Waals surface area contributed by atoms with Gasteiger partial charge in [-0.05, 0) is 24.5 Å². The van der Waals surface area contributed by atoms with Crippen molar-refractivity contribution in [1.29, 1.82) is 0 Å². The molecule has 0 spiro atoms. The Balaban J connectivity index is 2.30. The zero-order valence-corrected chi connectivity index (χ0v) is 9.10. The lowest BCUT2D eigenvalue weighted by Crippen LogP contribution is -2.26. The molecule has 0 bridgehead atoms. The van der Waals surface area contributed by atoms with Crippen LogP contribution < -0.4 is 5.73 Å². The monoisotopic (exact) mass is 220 g/mol. The zero-order chi connectivity index (χ0) is 11.5. The van der Waals surface area contributed by atoms with Gasteiger partial charge in [-0.3, -0.25) is 9.78 Å². The molecule has 1 aromatic heterocycles. The lowest BCUT2D eigenvalue weighted by Gasteiger charge is -2.29. The number of pyridine rings is 1. The predicted molar refractivity (Wildman–Crippen MR) is 61.0 cm³/mol.